The Bertz CT molecular complexity index is 381. The molecule has 1 fully saturated rings. The smallest absolute Gasteiger partial charge is 0.407 e. The number of piperidine rings is 1. The third-order valence-corrected chi connectivity index (χ3v) is 4.04. The van der Waals surface area contributed by atoms with E-state index in [-0.39, 0.29) is 25.2 Å². The number of carboxylic acid groups (broad SMARTS) is 2. The van der Waals surface area contributed by atoms with Gasteiger partial charge in [-0.2, -0.15) is 0 Å². The molecule has 1 heterocycles. The molecule has 2 unspecified atom stereocenters. The largest absolute Gasteiger partial charge is 0.480 e. The maximum Gasteiger partial charge on any atom is 0.407 e. The van der Waals surface area contributed by atoms with Crippen molar-refractivity contribution in [2.24, 2.45) is 5.41 Å². The molecule has 0 aromatic carbocycles. The van der Waals surface area contributed by atoms with Crippen molar-refractivity contribution in [3.8, 4) is 0 Å². The first-order chi connectivity index (χ1) is 8.91. The van der Waals surface area contributed by atoms with Gasteiger partial charge in [0.1, 0.15) is 5.41 Å². The fraction of sp³-hybridized carbons (Fsp3) is 0.769. The second-order valence-corrected chi connectivity index (χ2v) is 4.94. The lowest BCUT2D eigenvalue weighted by Gasteiger charge is -2.44. The molecule has 2 atom stereocenters. The summed E-state index contributed by atoms with van der Waals surface area (Å²) < 4.78 is 0. The van der Waals surface area contributed by atoms with Gasteiger partial charge in [0.25, 0.3) is 0 Å². The minimum atomic E-state index is -1.58. The number of nitrogens with zero attached hydrogens (tertiary/aromatic N) is 1. The number of carbonyl (C=O) groups excluding carboxylic acids is 1. The number of hydrogen-bond acceptors (Lipinski definition) is 3. The van der Waals surface area contributed by atoms with Crippen molar-refractivity contribution < 1.29 is 24.6 Å². The normalized spacial score (nSPS) is 27.4. The summed E-state index contributed by atoms with van der Waals surface area (Å²) in [5.74, 6) is -1.55. The number of unbranched alkanes of at least 4 members (excludes halogenated alkanes) is 1. The molecule has 0 radical (unpaired) electrons. The lowest BCUT2D eigenvalue weighted by atomic mass is 9.68. The SMILES string of the molecule is CCCCC1N(C(=O)O)CCC(=O)C1(CC)C(=O)O. The lowest BCUT2D eigenvalue weighted by Crippen LogP contribution is -2.61. The minimum absolute atomic E-state index is 0.0188. The number of Topliss-reactive ketones (excluding diaryl/α,β-unsaturated/α-hetero) is 1. The zero-order chi connectivity index (χ0) is 14.6. The Labute approximate surface area is 112 Å². The van der Waals surface area contributed by atoms with E-state index >= 15 is 0 Å². The molecule has 1 amide bonds. The molecule has 1 aliphatic heterocycles. The Morgan fingerprint density at radius 1 is 1.37 bits per heavy atom. The van der Waals surface area contributed by atoms with Gasteiger partial charge in [0.15, 0.2) is 5.78 Å². The molecule has 0 aliphatic carbocycles. The fourth-order valence-corrected chi connectivity index (χ4v) is 2.93. The molecule has 0 saturated carbocycles. The summed E-state index contributed by atoms with van der Waals surface area (Å²) in [6.07, 6.45) is 0.907. The van der Waals surface area contributed by atoms with E-state index in [0.29, 0.717) is 12.8 Å². The number of hydrogen-bond donors (Lipinski definition) is 2. The van der Waals surface area contributed by atoms with Crippen molar-refractivity contribution in [2.45, 2.75) is 52.0 Å². The highest BCUT2D eigenvalue weighted by atomic mass is 16.4. The highest BCUT2D eigenvalue weighted by Gasteiger charge is 2.55. The van der Waals surface area contributed by atoms with E-state index in [1.54, 1.807) is 6.92 Å². The summed E-state index contributed by atoms with van der Waals surface area (Å²) >= 11 is 0. The molecule has 2 N–H and O–H groups in total. The van der Waals surface area contributed by atoms with Crippen LogP contribution in [0.4, 0.5) is 4.79 Å². The van der Waals surface area contributed by atoms with Crippen molar-refractivity contribution in [3.63, 3.8) is 0 Å². The molecular formula is C13H21NO5. The van der Waals surface area contributed by atoms with Crippen LogP contribution in [0.2, 0.25) is 0 Å². The Balaban J connectivity index is 3.21. The van der Waals surface area contributed by atoms with Crippen LogP contribution in [-0.2, 0) is 9.59 Å². The van der Waals surface area contributed by atoms with Crippen LogP contribution >= 0.6 is 0 Å². The van der Waals surface area contributed by atoms with Crippen molar-refractivity contribution in [2.75, 3.05) is 6.54 Å². The molecule has 6 heteroatoms. The lowest BCUT2D eigenvalue weighted by molar-refractivity contribution is -0.163. The van der Waals surface area contributed by atoms with Crippen molar-refractivity contribution in [1.29, 1.82) is 0 Å². The van der Waals surface area contributed by atoms with Gasteiger partial charge >= 0.3 is 12.1 Å². The van der Waals surface area contributed by atoms with Gasteiger partial charge in [-0.1, -0.05) is 26.7 Å². The monoisotopic (exact) mass is 271 g/mol. The zero-order valence-corrected chi connectivity index (χ0v) is 11.4. The van der Waals surface area contributed by atoms with Crippen molar-refractivity contribution >= 4 is 17.8 Å². The summed E-state index contributed by atoms with van der Waals surface area (Å²) in [4.78, 5) is 36.2. The average molecular weight is 271 g/mol. The minimum Gasteiger partial charge on any atom is -0.480 e. The van der Waals surface area contributed by atoms with Gasteiger partial charge in [-0.15, -0.1) is 0 Å². The van der Waals surface area contributed by atoms with Gasteiger partial charge in [-0.25, -0.2) is 4.79 Å². The zero-order valence-electron chi connectivity index (χ0n) is 11.4. The van der Waals surface area contributed by atoms with Gasteiger partial charge in [0.2, 0.25) is 0 Å². The molecule has 0 aromatic heterocycles. The van der Waals surface area contributed by atoms with E-state index < -0.39 is 23.5 Å². The maximum absolute atomic E-state index is 12.1. The Kier molecular flexibility index (Phi) is 4.91. The number of likely N-dealkylation sites (tertiary alicyclic amines) is 1. The molecule has 1 saturated heterocycles. The van der Waals surface area contributed by atoms with Crippen LogP contribution in [0.25, 0.3) is 0 Å². The van der Waals surface area contributed by atoms with Gasteiger partial charge in [0.05, 0.1) is 6.04 Å². The average Bonchev–Trinajstić information content (AvgIpc) is 2.35. The summed E-state index contributed by atoms with van der Waals surface area (Å²) in [5.41, 5.74) is -1.58. The standard InChI is InChI=1S/C13H21NO5/c1-3-5-6-9-13(4-2,11(16)17)10(15)7-8-14(9)12(18)19/h9H,3-8H2,1-2H3,(H,16,17)(H,18,19). The van der Waals surface area contributed by atoms with E-state index in [1.165, 1.54) is 0 Å². The molecule has 0 aromatic rings. The quantitative estimate of drug-likeness (QED) is 0.745. The van der Waals surface area contributed by atoms with E-state index in [0.717, 1.165) is 11.3 Å². The third kappa shape index (κ3) is 2.57. The fourth-order valence-electron chi connectivity index (χ4n) is 2.93. The summed E-state index contributed by atoms with van der Waals surface area (Å²) in [6.45, 7) is 3.68. The summed E-state index contributed by atoms with van der Waals surface area (Å²) in [5, 5.41) is 18.7. The number of carbonyl (C=O) groups is 3. The van der Waals surface area contributed by atoms with Crippen molar-refractivity contribution in [3.05, 3.63) is 0 Å². The molecule has 6 nitrogen and oxygen atoms in total. The first-order valence-electron chi connectivity index (χ1n) is 6.68. The first kappa shape index (κ1) is 15.5. The predicted molar refractivity (Wildman–Crippen MR) is 68.0 cm³/mol. The first-order valence-corrected chi connectivity index (χ1v) is 6.68. The number of amides is 1. The Morgan fingerprint density at radius 2 is 2.00 bits per heavy atom. The van der Waals surface area contributed by atoms with Crippen LogP contribution in [0.1, 0.15) is 46.0 Å². The maximum atomic E-state index is 12.1. The van der Waals surface area contributed by atoms with E-state index in [2.05, 4.69) is 0 Å². The molecule has 0 spiro atoms. The molecule has 1 aliphatic rings. The highest BCUT2D eigenvalue weighted by molar-refractivity contribution is 6.05. The molecule has 0 bridgehead atoms. The van der Waals surface area contributed by atoms with Gasteiger partial charge in [0, 0.05) is 13.0 Å². The van der Waals surface area contributed by atoms with Gasteiger partial charge in [-0.05, 0) is 12.8 Å². The predicted octanol–water partition coefficient (Wildman–Crippen LogP) is 1.98. The van der Waals surface area contributed by atoms with E-state index in [1.807, 2.05) is 6.92 Å². The number of ketones is 1. The van der Waals surface area contributed by atoms with Crippen LogP contribution in [0.15, 0.2) is 0 Å². The van der Waals surface area contributed by atoms with E-state index in [9.17, 15) is 24.6 Å². The van der Waals surface area contributed by atoms with Gasteiger partial charge < -0.3 is 15.1 Å². The van der Waals surface area contributed by atoms with Crippen LogP contribution in [0.3, 0.4) is 0 Å². The van der Waals surface area contributed by atoms with Crippen LogP contribution < -0.4 is 0 Å². The van der Waals surface area contributed by atoms with Gasteiger partial charge in [-0.3, -0.25) is 9.59 Å². The molecule has 19 heavy (non-hydrogen) atoms. The number of rotatable bonds is 5. The number of carboxylic acids is 1. The third-order valence-electron chi connectivity index (χ3n) is 4.04. The van der Waals surface area contributed by atoms with E-state index in [4.69, 9.17) is 0 Å². The topological polar surface area (TPSA) is 94.9 Å². The summed E-state index contributed by atoms with van der Waals surface area (Å²) in [7, 11) is 0. The van der Waals surface area contributed by atoms with Crippen LogP contribution in [-0.4, -0.2) is 45.5 Å². The highest BCUT2D eigenvalue weighted by Crippen LogP contribution is 2.39. The molecular weight excluding hydrogens is 250 g/mol. The second-order valence-electron chi connectivity index (χ2n) is 4.94. The second kappa shape index (κ2) is 6.04. The summed E-state index contributed by atoms with van der Waals surface area (Å²) in [6, 6.07) is -0.756. The molecule has 108 valence electrons. The van der Waals surface area contributed by atoms with Crippen LogP contribution in [0, 0.1) is 5.41 Å². The Hall–Kier alpha value is -1.59. The Morgan fingerprint density at radius 3 is 2.42 bits per heavy atom. The van der Waals surface area contributed by atoms with Crippen LogP contribution in [0.5, 0.6) is 0 Å². The number of aliphatic carboxylic acids is 1. The molecule has 1 rings (SSSR count). The van der Waals surface area contributed by atoms with Crippen molar-refractivity contribution in [1.82, 2.24) is 4.90 Å².